The fourth-order valence-electron chi connectivity index (χ4n) is 6.60. The molecule has 1 aromatic heterocycles. The second-order valence-corrected chi connectivity index (χ2v) is 13.4. The number of thiol groups is 1. The first-order chi connectivity index (χ1) is 20.9. The molecule has 1 unspecified atom stereocenters. The molecule has 1 amide bonds. The zero-order valence-electron chi connectivity index (χ0n) is 25.3. The normalized spacial score (nSPS) is 28.1. The van der Waals surface area contributed by atoms with Gasteiger partial charge in [-0.15, -0.1) is 0 Å². The Morgan fingerprint density at radius 2 is 1.73 bits per heavy atom. The number of hydrogen-bond acceptors (Lipinski definition) is 6. The number of aliphatic hydroxyl groups excluding tert-OH is 1. The quantitative estimate of drug-likeness (QED) is 0.106. The van der Waals surface area contributed by atoms with Crippen molar-refractivity contribution < 1.29 is 29.7 Å². The number of aromatic amines is 1. The second-order valence-electron chi connectivity index (χ2n) is 12.0. The molecule has 4 aliphatic heterocycles. The van der Waals surface area contributed by atoms with Gasteiger partial charge < -0.3 is 36.3 Å². The summed E-state index contributed by atoms with van der Waals surface area (Å²) < 4.78 is 0. The van der Waals surface area contributed by atoms with Gasteiger partial charge in [0, 0.05) is 53.2 Å². The highest BCUT2D eigenvalue weighted by Crippen LogP contribution is 2.39. The van der Waals surface area contributed by atoms with Gasteiger partial charge in [0.15, 0.2) is 16.9 Å². The average Bonchev–Trinajstić information content (AvgIpc) is 3.53. The number of aliphatic carboxylic acids is 2. The minimum Gasteiger partial charge on any atom is -0.494 e. The third kappa shape index (κ3) is 6.24. The lowest BCUT2D eigenvalue weighted by Crippen LogP contribution is -2.34. The van der Waals surface area contributed by atoms with E-state index in [0.29, 0.717) is 30.1 Å². The van der Waals surface area contributed by atoms with E-state index in [1.165, 1.54) is 11.8 Å². The molecule has 0 aromatic carbocycles. The second kappa shape index (κ2) is 12.5. The van der Waals surface area contributed by atoms with Crippen LogP contribution >= 0.6 is 0 Å². The van der Waals surface area contributed by atoms with Crippen LogP contribution in [-0.4, -0.2) is 61.2 Å². The van der Waals surface area contributed by atoms with Gasteiger partial charge in [-0.05, 0) is 84.9 Å². The SMILES string of the molecule is C=CC1=C(O)N[C@H](CC2N/C(=C\c3[nH]c(/C=C4\NC(=O)[C@H](C)[C@H]4[C@H]4C[SH+]4)c(C)c3CCC(=O)O)C(CCC(=O)O)=C2C)C1=C. The third-order valence-corrected chi connectivity index (χ3v) is 10.4. The first kappa shape index (κ1) is 31.3. The number of carbonyl (C=O) groups excluding carboxylic acids is 1. The number of amides is 1. The topological polar surface area (TPSA) is 164 Å². The summed E-state index contributed by atoms with van der Waals surface area (Å²) in [5.41, 5.74) is 8.22. The Morgan fingerprint density at radius 3 is 2.34 bits per heavy atom. The van der Waals surface area contributed by atoms with Gasteiger partial charge in [-0.3, -0.25) is 14.4 Å². The third-order valence-electron chi connectivity index (χ3n) is 9.27. The van der Waals surface area contributed by atoms with Crippen LogP contribution in [0, 0.1) is 18.8 Å². The highest BCUT2D eigenvalue weighted by molar-refractivity contribution is 7.86. The van der Waals surface area contributed by atoms with Crippen LogP contribution in [0.2, 0.25) is 0 Å². The van der Waals surface area contributed by atoms with Gasteiger partial charge in [0.25, 0.3) is 0 Å². The minimum atomic E-state index is -0.897. The Hall–Kier alpha value is -4.12. The van der Waals surface area contributed by atoms with Crippen LogP contribution in [0.3, 0.4) is 0 Å². The highest BCUT2D eigenvalue weighted by atomic mass is 32.2. The van der Waals surface area contributed by atoms with E-state index in [-0.39, 0.29) is 48.6 Å². The number of carbonyl (C=O) groups is 3. The fourth-order valence-corrected chi connectivity index (χ4v) is 7.60. The Labute approximate surface area is 261 Å². The Balaban J connectivity index is 1.50. The zero-order valence-corrected chi connectivity index (χ0v) is 26.2. The van der Waals surface area contributed by atoms with Crippen molar-refractivity contribution >= 4 is 41.8 Å². The highest BCUT2D eigenvalue weighted by Gasteiger charge is 2.52. The molecule has 0 spiro atoms. The summed E-state index contributed by atoms with van der Waals surface area (Å²) in [7, 11) is 0. The lowest BCUT2D eigenvalue weighted by molar-refractivity contribution is -0.138. The van der Waals surface area contributed by atoms with Crippen LogP contribution in [0.1, 0.15) is 62.0 Å². The molecule has 7 N–H and O–H groups in total. The standard InChI is InChI=1S/C33H40N4O6S/c1-6-19-15(2)24(36-33(19)43)11-22-16(3)20(7-9-29(38)39)25(34-22)13-26-21(8-10-30(40)41)17(4)23(35-26)12-27-31(28-14-44-28)18(5)32(42)37-27/h6,12-13,18,22,24,28,31,34-36,43H,1-2,7-11,14H2,3-5H3,(H,37,42)(H,38,39)(H,40,41)/p+1/b25-13-,27-12-/t18-,22?,24-,28-,31-/m1/s1. The van der Waals surface area contributed by atoms with Gasteiger partial charge in [-0.25, -0.2) is 0 Å². The molecule has 234 valence electrons. The molecule has 5 rings (SSSR count). The molecule has 0 bridgehead atoms. The van der Waals surface area contributed by atoms with Gasteiger partial charge in [0.1, 0.15) is 0 Å². The molecule has 5 heterocycles. The number of allylic oxidation sites excluding steroid dienone is 3. The number of carboxylic acid groups (broad SMARTS) is 2. The summed E-state index contributed by atoms with van der Waals surface area (Å²) in [4.78, 5) is 39.2. The van der Waals surface area contributed by atoms with E-state index in [1.54, 1.807) is 6.08 Å². The molecule has 4 aliphatic rings. The predicted molar refractivity (Wildman–Crippen MR) is 173 cm³/mol. The summed E-state index contributed by atoms with van der Waals surface area (Å²) in [5, 5.41) is 39.4. The summed E-state index contributed by atoms with van der Waals surface area (Å²) in [6.07, 6.45) is 6.62. The average molecular weight is 622 g/mol. The maximum absolute atomic E-state index is 12.6. The van der Waals surface area contributed by atoms with E-state index in [2.05, 4.69) is 34.1 Å². The van der Waals surface area contributed by atoms with Crippen LogP contribution in [0.4, 0.5) is 0 Å². The zero-order chi connectivity index (χ0) is 31.9. The Bertz CT molecular complexity index is 1560. The Kier molecular flexibility index (Phi) is 8.88. The predicted octanol–water partition coefficient (Wildman–Crippen LogP) is 3.63. The van der Waals surface area contributed by atoms with Crippen molar-refractivity contribution in [3.8, 4) is 0 Å². The summed E-state index contributed by atoms with van der Waals surface area (Å²) in [6, 6.07) is -0.375. The molecule has 0 radical (unpaired) electrons. The minimum absolute atomic E-state index is 0.0223. The molecule has 0 aliphatic carbocycles. The summed E-state index contributed by atoms with van der Waals surface area (Å²) >= 11 is 1.35. The molecule has 2 saturated heterocycles. The number of hydrogen-bond donors (Lipinski definition) is 7. The first-order valence-corrected chi connectivity index (χ1v) is 16.1. The van der Waals surface area contributed by atoms with Crippen LogP contribution in [0.5, 0.6) is 0 Å². The van der Waals surface area contributed by atoms with Crippen LogP contribution in [-0.2, 0) is 32.6 Å². The van der Waals surface area contributed by atoms with Crippen molar-refractivity contribution in [2.75, 3.05) is 5.75 Å². The van der Waals surface area contributed by atoms with Gasteiger partial charge in [0.05, 0.1) is 12.0 Å². The maximum Gasteiger partial charge on any atom is 0.303 e. The first-order valence-electron chi connectivity index (χ1n) is 14.9. The van der Waals surface area contributed by atoms with Gasteiger partial charge in [-0.1, -0.05) is 26.2 Å². The number of H-pyrrole nitrogens is 1. The van der Waals surface area contributed by atoms with E-state index in [1.807, 2.05) is 32.9 Å². The molecular weight excluding hydrogens is 580 g/mol. The number of nitrogens with one attached hydrogen (secondary N) is 4. The van der Waals surface area contributed by atoms with Crippen LogP contribution in [0.25, 0.3) is 12.2 Å². The van der Waals surface area contributed by atoms with Gasteiger partial charge >= 0.3 is 11.9 Å². The van der Waals surface area contributed by atoms with Crippen molar-refractivity contribution in [2.45, 2.75) is 70.2 Å². The monoisotopic (exact) mass is 621 g/mol. The van der Waals surface area contributed by atoms with E-state index in [4.69, 9.17) is 0 Å². The molecule has 44 heavy (non-hydrogen) atoms. The van der Waals surface area contributed by atoms with E-state index >= 15 is 0 Å². The number of rotatable bonds is 12. The van der Waals surface area contributed by atoms with Crippen LogP contribution in [0.15, 0.2) is 58.8 Å². The summed E-state index contributed by atoms with van der Waals surface area (Å²) in [5.74, 6) is -0.611. The fraction of sp³-hybridized carbons (Fsp3) is 0.424. The van der Waals surface area contributed by atoms with Crippen molar-refractivity contribution in [1.29, 1.82) is 0 Å². The molecule has 10 nitrogen and oxygen atoms in total. The van der Waals surface area contributed by atoms with Crippen molar-refractivity contribution in [3.05, 3.63) is 81.3 Å². The number of aromatic nitrogens is 1. The van der Waals surface area contributed by atoms with E-state index in [0.717, 1.165) is 56.4 Å². The van der Waals surface area contributed by atoms with Gasteiger partial charge in [0.2, 0.25) is 5.91 Å². The Morgan fingerprint density at radius 1 is 1.05 bits per heavy atom. The molecule has 5 atom stereocenters. The molecule has 2 fully saturated rings. The van der Waals surface area contributed by atoms with Gasteiger partial charge in [-0.2, -0.15) is 0 Å². The lowest BCUT2D eigenvalue weighted by atomic mass is 9.91. The van der Waals surface area contributed by atoms with Crippen molar-refractivity contribution in [1.82, 2.24) is 20.9 Å². The molecule has 1 aromatic rings. The largest absolute Gasteiger partial charge is 0.494 e. The molecular formula is C33H41N4O6S+. The van der Waals surface area contributed by atoms with Crippen molar-refractivity contribution in [2.24, 2.45) is 11.8 Å². The number of carboxylic acids is 2. The maximum atomic E-state index is 12.6. The van der Waals surface area contributed by atoms with Crippen molar-refractivity contribution in [3.63, 3.8) is 0 Å². The molecule has 11 heteroatoms. The van der Waals surface area contributed by atoms with Crippen LogP contribution < -0.4 is 16.0 Å². The number of aliphatic hydroxyl groups is 1. The molecule has 0 saturated carbocycles. The van der Waals surface area contributed by atoms with E-state index < -0.39 is 11.9 Å². The lowest BCUT2D eigenvalue weighted by Gasteiger charge is -2.20. The summed E-state index contributed by atoms with van der Waals surface area (Å²) in [6.45, 7) is 13.8. The smallest absolute Gasteiger partial charge is 0.303 e. The van der Waals surface area contributed by atoms with E-state index in [9.17, 15) is 29.7 Å².